The van der Waals surface area contributed by atoms with E-state index in [1.54, 1.807) is 6.20 Å². The number of nitrogens with zero attached hydrogens (tertiary/aromatic N) is 3. The van der Waals surface area contributed by atoms with Crippen LogP contribution in [0.25, 0.3) is 0 Å². The van der Waals surface area contributed by atoms with Crippen LogP contribution >= 0.6 is 0 Å². The molecule has 2 amide bonds. The van der Waals surface area contributed by atoms with Crippen LogP contribution in [-0.2, 0) is 46.5 Å². The highest BCUT2D eigenvalue weighted by Gasteiger charge is 2.26. The van der Waals surface area contributed by atoms with Crippen molar-refractivity contribution in [2.75, 3.05) is 39.6 Å². The minimum Gasteiger partial charge on any atom is -0.481 e. The van der Waals surface area contributed by atoms with Gasteiger partial charge in [-0.05, 0) is 6.42 Å². The third-order valence-corrected chi connectivity index (χ3v) is 4.15. The summed E-state index contributed by atoms with van der Waals surface area (Å²) in [4.78, 5) is 45.8. The van der Waals surface area contributed by atoms with Crippen molar-refractivity contribution in [1.29, 1.82) is 0 Å². The summed E-state index contributed by atoms with van der Waals surface area (Å²) in [6.07, 6.45) is 0.856. The summed E-state index contributed by atoms with van der Waals surface area (Å²) >= 11 is 0. The van der Waals surface area contributed by atoms with E-state index >= 15 is 0 Å². The molecule has 0 bridgehead atoms. The Kier molecular flexibility index (Phi) is 14.0. The molecule has 15 nitrogen and oxygen atoms in total. The maximum Gasteiger partial charge on any atom is 0.326 e. The Hall–Kier alpha value is -3.14. The largest absolute Gasteiger partial charge is 0.481 e. The lowest BCUT2D eigenvalue weighted by molar-refractivity contribution is -0.143. The number of carbonyl (C=O) groups is 4. The van der Waals surface area contributed by atoms with E-state index in [-0.39, 0.29) is 32.8 Å². The molecule has 1 aromatic heterocycles. The van der Waals surface area contributed by atoms with E-state index in [4.69, 9.17) is 24.4 Å². The highest BCUT2D eigenvalue weighted by Crippen LogP contribution is 2.02. The minimum absolute atomic E-state index is 0.0272. The Labute approximate surface area is 195 Å². The third kappa shape index (κ3) is 12.8. The maximum atomic E-state index is 12.4. The number of nitrogens with one attached hydrogen (secondary N) is 2. The second kappa shape index (κ2) is 16.5. The number of hydrogen-bond donors (Lipinski definition) is 5. The number of carboxylic acid groups (broad SMARTS) is 2. The van der Waals surface area contributed by atoms with Gasteiger partial charge in [0.2, 0.25) is 11.8 Å². The molecule has 1 heterocycles. The zero-order valence-electron chi connectivity index (χ0n) is 18.8. The Morgan fingerprint density at radius 3 is 2.35 bits per heavy atom. The number of ether oxygens (including phenoxy) is 3. The molecule has 0 saturated heterocycles. The number of carboxylic acids is 2. The Bertz CT molecular complexity index is 787. The Morgan fingerprint density at radius 1 is 1.03 bits per heavy atom. The van der Waals surface area contributed by atoms with Crippen LogP contribution in [0.15, 0.2) is 6.20 Å². The molecule has 0 aliphatic heterocycles. The first-order valence-corrected chi connectivity index (χ1v) is 10.5. The number of aliphatic hydroxyl groups excluding tert-OH is 1. The van der Waals surface area contributed by atoms with Gasteiger partial charge >= 0.3 is 11.9 Å². The Morgan fingerprint density at radius 2 is 1.74 bits per heavy atom. The lowest BCUT2D eigenvalue weighted by atomic mass is 10.1. The van der Waals surface area contributed by atoms with Crippen molar-refractivity contribution in [3.8, 4) is 0 Å². The average Bonchev–Trinajstić information content (AvgIpc) is 3.22. The van der Waals surface area contributed by atoms with Crippen LogP contribution in [-0.4, -0.2) is 106 Å². The van der Waals surface area contributed by atoms with Gasteiger partial charge in [-0.25, -0.2) is 9.48 Å². The molecule has 0 fully saturated rings. The predicted octanol–water partition coefficient (Wildman–Crippen LogP) is -2.24. The molecular weight excluding hydrogens is 458 g/mol. The highest BCUT2D eigenvalue weighted by atomic mass is 16.5. The van der Waals surface area contributed by atoms with Crippen molar-refractivity contribution < 1.29 is 48.7 Å². The van der Waals surface area contributed by atoms with Gasteiger partial charge in [0.15, 0.2) is 0 Å². The molecule has 0 aliphatic rings. The molecular formula is C19H31N5O10. The van der Waals surface area contributed by atoms with Gasteiger partial charge in [-0.15, -0.1) is 5.10 Å². The fraction of sp³-hybridized carbons (Fsp3) is 0.684. The van der Waals surface area contributed by atoms with Crippen molar-refractivity contribution in [1.82, 2.24) is 25.6 Å². The topological polar surface area (TPSA) is 211 Å². The van der Waals surface area contributed by atoms with Gasteiger partial charge < -0.3 is 40.2 Å². The molecule has 192 valence electrons. The number of carbonyl (C=O) groups excluding carboxylic acids is 2. The first kappa shape index (κ1) is 28.9. The minimum atomic E-state index is -1.43. The van der Waals surface area contributed by atoms with Crippen molar-refractivity contribution in [3.05, 3.63) is 11.9 Å². The van der Waals surface area contributed by atoms with Gasteiger partial charge in [-0.2, -0.15) is 0 Å². The van der Waals surface area contributed by atoms with Crippen molar-refractivity contribution >= 4 is 23.8 Å². The van der Waals surface area contributed by atoms with E-state index in [1.807, 2.05) is 0 Å². The van der Waals surface area contributed by atoms with E-state index in [0.717, 1.165) is 0 Å². The molecule has 1 aromatic rings. The van der Waals surface area contributed by atoms with Gasteiger partial charge in [0.05, 0.1) is 59.0 Å². The molecule has 0 radical (unpaired) electrons. The zero-order chi connectivity index (χ0) is 25.3. The van der Waals surface area contributed by atoms with Gasteiger partial charge in [-0.3, -0.25) is 14.4 Å². The van der Waals surface area contributed by atoms with Gasteiger partial charge in [-0.1, -0.05) is 5.21 Å². The van der Waals surface area contributed by atoms with Gasteiger partial charge in [0.1, 0.15) is 17.8 Å². The summed E-state index contributed by atoms with van der Waals surface area (Å²) in [6, 6.07) is -2.62. The number of rotatable bonds is 19. The first-order valence-electron chi connectivity index (χ1n) is 10.5. The summed E-state index contributed by atoms with van der Waals surface area (Å²) in [6.45, 7) is 2.62. The summed E-state index contributed by atoms with van der Waals surface area (Å²) in [7, 11) is 0. The number of hydrogen-bond acceptors (Lipinski definition) is 10. The molecule has 34 heavy (non-hydrogen) atoms. The molecule has 0 unspecified atom stereocenters. The lowest BCUT2D eigenvalue weighted by Crippen LogP contribution is -2.53. The van der Waals surface area contributed by atoms with Crippen molar-refractivity contribution in [2.24, 2.45) is 0 Å². The summed E-state index contributed by atoms with van der Waals surface area (Å²) in [5, 5.41) is 38.9. The van der Waals surface area contributed by atoms with Crippen molar-refractivity contribution in [2.45, 2.75) is 45.0 Å². The van der Waals surface area contributed by atoms with Gasteiger partial charge in [0.25, 0.3) is 0 Å². The molecule has 5 N–H and O–H groups in total. The van der Waals surface area contributed by atoms with Crippen LogP contribution in [0.5, 0.6) is 0 Å². The van der Waals surface area contributed by atoms with E-state index in [0.29, 0.717) is 32.1 Å². The highest BCUT2D eigenvalue weighted by molar-refractivity contribution is 5.90. The molecule has 0 spiro atoms. The van der Waals surface area contributed by atoms with Crippen LogP contribution < -0.4 is 10.6 Å². The zero-order valence-corrected chi connectivity index (χ0v) is 18.8. The fourth-order valence-electron chi connectivity index (χ4n) is 2.57. The fourth-order valence-corrected chi connectivity index (χ4v) is 2.57. The third-order valence-electron chi connectivity index (χ3n) is 4.15. The summed E-state index contributed by atoms with van der Waals surface area (Å²) in [5.74, 6) is -3.95. The molecule has 1 rings (SSSR count). The summed E-state index contributed by atoms with van der Waals surface area (Å²) in [5.41, 5.74) is 0.457. The van der Waals surface area contributed by atoms with Crippen LogP contribution in [0.2, 0.25) is 0 Å². The molecule has 0 saturated carbocycles. The van der Waals surface area contributed by atoms with E-state index in [9.17, 15) is 24.3 Å². The van der Waals surface area contributed by atoms with Crippen LogP contribution in [0.4, 0.5) is 0 Å². The molecule has 0 aromatic carbocycles. The van der Waals surface area contributed by atoms with Crippen LogP contribution in [0, 0.1) is 0 Å². The smallest absolute Gasteiger partial charge is 0.326 e. The molecule has 2 atom stereocenters. The standard InChI is InChI=1S/C19H31N5O10/c1-13(26)20-16(18(29)21-15(19(30)31)2-3-17(27)28)12-34-11-14-10-24(23-22-14)4-6-32-8-9-33-7-5-25/h10,15-16,25H,2-9,11-12H2,1H3,(H,20,26)(H,21,29)(H,27,28)(H,30,31)/t15-,16+/m1/s1. The van der Waals surface area contributed by atoms with Crippen LogP contribution in [0.1, 0.15) is 25.5 Å². The molecule has 0 aliphatic carbocycles. The predicted molar refractivity (Wildman–Crippen MR) is 112 cm³/mol. The second-order valence-electron chi connectivity index (χ2n) is 7.02. The van der Waals surface area contributed by atoms with E-state index in [2.05, 4.69) is 20.9 Å². The number of aromatic nitrogens is 3. The summed E-state index contributed by atoms with van der Waals surface area (Å²) < 4.78 is 17.4. The van der Waals surface area contributed by atoms with E-state index in [1.165, 1.54) is 11.6 Å². The van der Waals surface area contributed by atoms with E-state index < -0.39 is 42.3 Å². The number of aliphatic carboxylic acids is 2. The number of amides is 2. The van der Waals surface area contributed by atoms with Crippen molar-refractivity contribution in [3.63, 3.8) is 0 Å². The first-order chi connectivity index (χ1) is 16.2. The average molecular weight is 489 g/mol. The van der Waals surface area contributed by atoms with Crippen LogP contribution in [0.3, 0.4) is 0 Å². The second-order valence-corrected chi connectivity index (χ2v) is 7.02. The number of aliphatic hydroxyl groups is 1. The Balaban J connectivity index is 2.47. The maximum absolute atomic E-state index is 12.4. The quantitative estimate of drug-likeness (QED) is 0.131. The normalized spacial score (nSPS) is 12.6. The van der Waals surface area contributed by atoms with Gasteiger partial charge in [0, 0.05) is 13.3 Å². The SMILES string of the molecule is CC(=O)N[C@@H](COCc1cn(CCOCCOCCO)nn1)C(=O)N[C@H](CCC(=O)O)C(=O)O. The molecule has 15 heteroatoms. The lowest BCUT2D eigenvalue weighted by Gasteiger charge is -2.20. The monoisotopic (exact) mass is 489 g/mol.